The molecule has 0 spiro atoms. The quantitative estimate of drug-likeness (QED) is 0.601. The Hall–Kier alpha value is -3.42. The zero-order valence-corrected chi connectivity index (χ0v) is 18.6. The van der Waals surface area contributed by atoms with E-state index in [0.717, 1.165) is 23.2 Å². The van der Waals surface area contributed by atoms with E-state index in [2.05, 4.69) is 15.5 Å². The summed E-state index contributed by atoms with van der Waals surface area (Å²) in [6, 6.07) is 8.92. The minimum atomic E-state index is -0.475. The second-order valence-corrected chi connectivity index (χ2v) is 8.24. The van der Waals surface area contributed by atoms with Crippen LogP contribution in [-0.4, -0.2) is 39.4 Å². The van der Waals surface area contributed by atoms with Gasteiger partial charge >= 0.3 is 0 Å². The first-order valence-electron chi connectivity index (χ1n) is 11.0. The number of likely N-dealkylation sites (tertiary alicyclic amines) is 1. The Kier molecular flexibility index (Phi) is 6.39. The van der Waals surface area contributed by atoms with Crippen molar-refractivity contribution in [1.82, 2.24) is 20.4 Å². The number of nitrogens with one attached hydrogen (secondary N) is 1. The molecule has 0 saturated carbocycles. The number of benzene rings is 1. The molecular weight excluding hydrogens is 408 g/mol. The average molecular weight is 437 g/mol. The lowest BCUT2D eigenvalue weighted by Gasteiger charge is -2.28. The van der Waals surface area contributed by atoms with Crippen LogP contribution in [0.2, 0.25) is 0 Å². The van der Waals surface area contributed by atoms with Crippen LogP contribution in [-0.2, 0) is 9.59 Å². The average Bonchev–Trinajstić information content (AvgIpc) is 3.56. The molecule has 1 N–H and O–H groups in total. The van der Waals surface area contributed by atoms with Crippen LogP contribution in [0.1, 0.15) is 62.1 Å². The summed E-state index contributed by atoms with van der Waals surface area (Å²) in [4.78, 5) is 32.0. The molecule has 3 heterocycles. The Bertz CT molecular complexity index is 1060. The molecule has 1 unspecified atom stereocenters. The number of carbonyl (C=O) groups is 2. The van der Waals surface area contributed by atoms with E-state index in [0.29, 0.717) is 30.9 Å². The van der Waals surface area contributed by atoms with Gasteiger partial charge in [0, 0.05) is 18.2 Å². The van der Waals surface area contributed by atoms with Crippen LogP contribution in [0.5, 0.6) is 0 Å². The van der Waals surface area contributed by atoms with E-state index in [1.165, 1.54) is 6.39 Å². The molecule has 8 heteroatoms. The van der Waals surface area contributed by atoms with Gasteiger partial charge in [0.2, 0.25) is 11.8 Å². The Morgan fingerprint density at radius 3 is 2.69 bits per heavy atom. The first kappa shape index (κ1) is 21.8. The van der Waals surface area contributed by atoms with E-state index in [4.69, 9.17) is 8.94 Å². The lowest BCUT2D eigenvalue weighted by Crippen LogP contribution is -2.47. The molecule has 1 saturated heterocycles. The van der Waals surface area contributed by atoms with Crippen molar-refractivity contribution < 1.29 is 18.5 Å². The summed E-state index contributed by atoms with van der Waals surface area (Å²) in [5.41, 5.74) is 2.64. The molecule has 0 bridgehead atoms. The highest BCUT2D eigenvalue weighted by Crippen LogP contribution is 2.28. The maximum Gasteiger partial charge on any atom is 0.243 e. The minimum Gasteiger partial charge on any atom is -0.444 e. The van der Waals surface area contributed by atoms with Crippen molar-refractivity contribution in [1.29, 1.82) is 0 Å². The van der Waals surface area contributed by atoms with Crippen molar-refractivity contribution in [2.75, 3.05) is 6.54 Å². The Morgan fingerprint density at radius 2 is 2.06 bits per heavy atom. The number of aromatic nitrogens is 2. The zero-order chi connectivity index (χ0) is 22.7. The Labute approximate surface area is 187 Å². The van der Waals surface area contributed by atoms with E-state index in [-0.39, 0.29) is 17.9 Å². The molecule has 4 rings (SSSR count). The zero-order valence-electron chi connectivity index (χ0n) is 18.6. The van der Waals surface area contributed by atoms with Gasteiger partial charge in [0.05, 0.1) is 23.9 Å². The van der Waals surface area contributed by atoms with Gasteiger partial charge in [0.15, 0.2) is 12.2 Å². The van der Waals surface area contributed by atoms with Crippen LogP contribution >= 0.6 is 0 Å². The number of hydrogen-bond donors (Lipinski definition) is 1. The largest absolute Gasteiger partial charge is 0.444 e. The number of carbonyl (C=O) groups excluding carboxylic acids is 2. The maximum atomic E-state index is 13.3. The molecule has 1 aliphatic rings. The van der Waals surface area contributed by atoms with E-state index < -0.39 is 12.0 Å². The van der Waals surface area contributed by atoms with Gasteiger partial charge in [-0.1, -0.05) is 36.3 Å². The summed E-state index contributed by atoms with van der Waals surface area (Å²) in [6.45, 7) is 6.28. The van der Waals surface area contributed by atoms with E-state index in [1.807, 2.05) is 45.0 Å². The van der Waals surface area contributed by atoms with E-state index >= 15 is 0 Å². The highest BCUT2D eigenvalue weighted by atomic mass is 16.5. The summed E-state index contributed by atoms with van der Waals surface area (Å²) in [5.74, 6) is 0.615. The second-order valence-electron chi connectivity index (χ2n) is 8.24. The van der Waals surface area contributed by atoms with Gasteiger partial charge in [-0.15, -0.1) is 0 Å². The van der Waals surface area contributed by atoms with Crippen molar-refractivity contribution in [3.63, 3.8) is 0 Å². The van der Waals surface area contributed by atoms with E-state index in [1.54, 1.807) is 17.2 Å². The normalized spacial score (nSPS) is 17.8. The molecule has 0 radical (unpaired) electrons. The summed E-state index contributed by atoms with van der Waals surface area (Å²) >= 11 is 0. The summed E-state index contributed by atoms with van der Waals surface area (Å²) in [7, 11) is 0. The van der Waals surface area contributed by atoms with E-state index in [9.17, 15) is 9.59 Å². The molecule has 168 valence electrons. The van der Waals surface area contributed by atoms with Gasteiger partial charge in [-0.25, -0.2) is 4.98 Å². The highest BCUT2D eigenvalue weighted by Gasteiger charge is 2.38. The van der Waals surface area contributed by atoms with Crippen LogP contribution in [0.15, 0.2) is 51.9 Å². The third-order valence-electron chi connectivity index (χ3n) is 6.02. The molecular formula is C24H28N4O4. The molecule has 8 nitrogen and oxygen atoms in total. The number of hydrogen-bond acceptors (Lipinski definition) is 6. The number of rotatable bonds is 7. The smallest absolute Gasteiger partial charge is 0.243 e. The van der Waals surface area contributed by atoms with Crippen LogP contribution in [0.25, 0.3) is 11.3 Å². The number of oxazole rings is 1. The summed E-state index contributed by atoms with van der Waals surface area (Å²) in [5, 5.41) is 6.98. The van der Waals surface area contributed by atoms with Crippen molar-refractivity contribution in [3.8, 4) is 11.3 Å². The molecule has 3 aromatic rings. The topological polar surface area (TPSA) is 101 Å². The van der Waals surface area contributed by atoms with Gasteiger partial charge in [-0.2, -0.15) is 0 Å². The molecule has 2 aromatic heterocycles. The summed E-state index contributed by atoms with van der Waals surface area (Å²) < 4.78 is 10.7. The van der Waals surface area contributed by atoms with Crippen LogP contribution in [0.4, 0.5) is 0 Å². The van der Waals surface area contributed by atoms with Crippen molar-refractivity contribution >= 4 is 11.8 Å². The molecule has 2 amide bonds. The Morgan fingerprint density at radius 1 is 1.28 bits per heavy atom. The van der Waals surface area contributed by atoms with Crippen molar-refractivity contribution in [3.05, 3.63) is 59.9 Å². The SMILES string of the molecule is CCC(C(=O)N1CCC[C@H]1C(=O)N[C@@H](C)c1ccc(-c2cnco2)cc1)c1cc(C)no1. The second kappa shape index (κ2) is 9.38. The highest BCUT2D eigenvalue weighted by molar-refractivity contribution is 5.91. The summed E-state index contributed by atoms with van der Waals surface area (Å²) in [6.07, 6.45) is 5.10. The van der Waals surface area contributed by atoms with Crippen LogP contribution in [0.3, 0.4) is 0 Å². The van der Waals surface area contributed by atoms with Gasteiger partial charge in [0.25, 0.3) is 0 Å². The lowest BCUT2D eigenvalue weighted by molar-refractivity contribution is -0.140. The first-order chi connectivity index (χ1) is 15.5. The third-order valence-corrected chi connectivity index (χ3v) is 6.02. The lowest BCUT2D eigenvalue weighted by atomic mass is 10.0. The Balaban J connectivity index is 1.42. The molecule has 1 aromatic carbocycles. The monoisotopic (exact) mass is 436 g/mol. The van der Waals surface area contributed by atoms with Crippen molar-refractivity contribution in [2.45, 2.75) is 58.0 Å². The fourth-order valence-corrected chi connectivity index (χ4v) is 4.24. The molecule has 3 atom stereocenters. The van der Waals surface area contributed by atoms with Crippen molar-refractivity contribution in [2.24, 2.45) is 0 Å². The third kappa shape index (κ3) is 4.44. The first-order valence-corrected chi connectivity index (χ1v) is 11.0. The molecule has 1 fully saturated rings. The molecule has 32 heavy (non-hydrogen) atoms. The minimum absolute atomic E-state index is 0.0784. The van der Waals surface area contributed by atoms with Gasteiger partial charge in [-0.05, 0) is 38.7 Å². The van der Waals surface area contributed by atoms with Crippen LogP contribution in [0, 0.1) is 6.92 Å². The van der Waals surface area contributed by atoms with Gasteiger partial charge in [0.1, 0.15) is 11.8 Å². The van der Waals surface area contributed by atoms with Gasteiger partial charge < -0.3 is 19.2 Å². The fraction of sp³-hybridized carbons (Fsp3) is 0.417. The van der Waals surface area contributed by atoms with Gasteiger partial charge in [-0.3, -0.25) is 9.59 Å². The predicted molar refractivity (Wildman–Crippen MR) is 118 cm³/mol. The standard InChI is InChI=1S/C24H28N4O4/c1-4-19(21-12-15(2)27-32-21)24(30)28-11-5-6-20(28)23(29)26-16(3)17-7-9-18(10-8-17)22-13-25-14-31-22/h7-10,12-14,16,19-20H,4-6,11H2,1-3H3,(H,26,29)/t16-,19?,20-/m0/s1. The van der Waals surface area contributed by atoms with Crippen LogP contribution < -0.4 is 5.32 Å². The molecule has 0 aliphatic carbocycles. The molecule has 1 aliphatic heterocycles. The fourth-order valence-electron chi connectivity index (χ4n) is 4.24. The number of nitrogens with zero attached hydrogens (tertiary/aromatic N) is 3. The maximum absolute atomic E-state index is 13.3. The predicted octanol–water partition coefficient (Wildman–Crippen LogP) is 4.00. The number of aryl methyl sites for hydroxylation is 1. The number of amides is 2.